The first-order chi connectivity index (χ1) is 9.11. The van der Waals surface area contributed by atoms with Crippen molar-refractivity contribution in [3.05, 3.63) is 24.3 Å². The molecule has 6 heteroatoms. The van der Waals surface area contributed by atoms with E-state index in [0.29, 0.717) is 30.8 Å². The highest BCUT2D eigenvalue weighted by molar-refractivity contribution is 5.92. The molecule has 0 aliphatic rings. The number of rotatable bonds is 8. The highest BCUT2D eigenvalue weighted by Crippen LogP contribution is 2.16. The lowest BCUT2D eigenvalue weighted by molar-refractivity contribution is -0.118. The SMILES string of the molecule is COc1cccc(NC(=O)CNCCCC(N)=O)c1. The van der Waals surface area contributed by atoms with Crippen molar-refractivity contribution in [2.24, 2.45) is 5.73 Å². The molecule has 0 aliphatic heterocycles. The number of hydrogen-bond donors (Lipinski definition) is 3. The molecule has 1 aromatic rings. The van der Waals surface area contributed by atoms with E-state index in [1.807, 2.05) is 0 Å². The highest BCUT2D eigenvalue weighted by Gasteiger charge is 2.02. The fourth-order valence-electron chi connectivity index (χ4n) is 1.50. The second-order valence-corrected chi connectivity index (χ2v) is 4.03. The van der Waals surface area contributed by atoms with Crippen LogP contribution in [0.2, 0.25) is 0 Å². The van der Waals surface area contributed by atoms with Crippen molar-refractivity contribution in [3.63, 3.8) is 0 Å². The van der Waals surface area contributed by atoms with E-state index in [1.54, 1.807) is 31.4 Å². The Labute approximate surface area is 112 Å². The number of primary amides is 1. The highest BCUT2D eigenvalue weighted by atomic mass is 16.5. The van der Waals surface area contributed by atoms with Crippen LogP contribution in [0.3, 0.4) is 0 Å². The van der Waals surface area contributed by atoms with Crippen molar-refractivity contribution in [1.29, 1.82) is 0 Å². The van der Waals surface area contributed by atoms with Gasteiger partial charge in [0.15, 0.2) is 0 Å². The summed E-state index contributed by atoms with van der Waals surface area (Å²) in [6, 6.07) is 7.13. The smallest absolute Gasteiger partial charge is 0.238 e. The molecule has 0 aromatic heterocycles. The van der Waals surface area contributed by atoms with E-state index in [1.165, 1.54) is 0 Å². The molecule has 2 amide bonds. The molecule has 0 unspecified atom stereocenters. The lowest BCUT2D eigenvalue weighted by atomic mass is 10.3. The number of anilines is 1. The Balaban J connectivity index is 2.25. The maximum Gasteiger partial charge on any atom is 0.238 e. The van der Waals surface area contributed by atoms with Gasteiger partial charge < -0.3 is 21.1 Å². The number of nitrogens with two attached hydrogens (primary N) is 1. The molecule has 0 heterocycles. The summed E-state index contributed by atoms with van der Waals surface area (Å²) in [5.41, 5.74) is 5.69. The molecule has 1 rings (SSSR count). The van der Waals surface area contributed by atoms with Crippen LogP contribution >= 0.6 is 0 Å². The van der Waals surface area contributed by atoms with Gasteiger partial charge in [-0.15, -0.1) is 0 Å². The second kappa shape index (κ2) is 8.10. The molecule has 1 aromatic carbocycles. The van der Waals surface area contributed by atoms with Gasteiger partial charge in [-0.25, -0.2) is 0 Å². The van der Waals surface area contributed by atoms with Gasteiger partial charge in [-0.05, 0) is 25.1 Å². The maximum atomic E-state index is 11.6. The summed E-state index contributed by atoms with van der Waals surface area (Å²) in [5.74, 6) is 0.210. The summed E-state index contributed by atoms with van der Waals surface area (Å²) in [6.07, 6.45) is 0.951. The van der Waals surface area contributed by atoms with Gasteiger partial charge in [-0.3, -0.25) is 9.59 Å². The summed E-state index contributed by atoms with van der Waals surface area (Å²) < 4.78 is 5.06. The monoisotopic (exact) mass is 265 g/mol. The van der Waals surface area contributed by atoms with E-state index in [0.717, 1.165) is 0 Å². The minimum absolute atomic E-state index is 0.146. The van der Waals surface area contributed by atoms with E-state index in [9.17, 15) is 9.59 Å². The molecule has 0 atom stereocenters. The molecule has 0 aliphatic carbocycles. The van der Waals surface area contributed by atoms with Crippen LogP contribution in [0.4, 0.5) is 5.69 Å². The third-order valence-corrected chi connectivity index (χ3v) is 2.42. The van der Waals surface area contributed by atoms with Crippen LogP contribution in [0.15, 0.2) is 24.3 Å². The average Bonchev–Trinajstić information content (AvgIpc) is 2.38. The second-order valence-electron chi connectivity index (χ2n) is 4.03. The number of ether oxygens (including phenoxy) is 1. The molecule has 104 valence electrons. The van der Waals surface area contributed by atoms with Crippen molar-refractivity contribution in [1.82, 2.24) is 5.32 Å². The van der Waals surface area contributed by atoms with Gasteiger partial charge in [0, 0.05) is 18.2 Å². The zero-order chi connectivity index (χ0) is 14.1. The molecule has 0 bridgehead atoms. The maximum absolute atomic E-state index is 11.6. The van der Waals surface area contributed by atoms with Crippen LogP contribution < -0.4 is 21.1 Å². The van der Waals surface area contributed by atoms with E-state index in [2.05, 4.69) is 10.6 Å². The number of benzene rings is 1. The summed E-state index contributed by atoms with van der Waals surface area (Å²) in [5, 5.41) is 5.68. The van der Waals surface area contributed by atoms with Crippen molar-refractivity contribution >= 4 is 17.5 Å². The fraction of sp³-hybridized carbons (Fsp3) is 0.385. The van der Waals surface area contributed by atoms with E-state index < -0.39 is 0 Å². The van der Waals surface area contributed by atoms with Crippen LogP contribution in [0, 0.1) is 0 Å². The predicted molar refractivity (Wildman–Crippen MR) is 72.9 cm³/mol. The van der Waals surface area contributed by atoms with Crippen molar-refractivity contribution in [2.75, 3.05) is 25.5 Å². The largest absolute Gasteiger partial charge is 0.497 e. The Hall–Kier alpha value is -2.08. The predicted octanol–water partition coefficient (Wildman–Crippen LogP) is 0.489. The van der Waals surface area contributed by atoms with E-state index in [-0.39, 0.29) is 18.4 Å². The Morgan fingerprint density at radius 2 is 2.16 bits per heavy atom. The van der Waals surface area contributed by atoms with E-state index >= 15 is 0 Å². The molecular formula is C13H19N3O3. The van der Waals surface area contributed by atoms with Crippen LogP contribution in [0.5, 0.6) is 5.75 Å². The number of carbonyl (C=O) groups is 2. The first kappa shape index (κ1) is 15.0. The molecule has 0 saturated heterocycles. The van der Waals surface area contributed by atoms with Crippen LogP contribution in [0.1, 0.15) is 12.8 Å². The molecule has 6 nitrogen and oxygen atoms in total. The van der Waals surface area contributed by atoms with Gasteiger partial charge in [0.25, 0.3) is 0 Å². The van der Waals surface area contributed by atoms with Crippen molar-refractivity contribution in [3.8, 4) is 5.75 Å². The topological polar surface area (TPSA) is 93.4 Å². The molecular weight excluding hydrogens is 246 g/mol. The van der Waals surface area contributed by atoms with Gasteiger partial charge in [-0.1, -0.05) is 6.07 Å². The van der Waals surface area contributed by atoms with Crippen LogP contribution in [-0.2, 0) is 9.59 Å². The van der Waals surface area contributed by atoms with E-state index in [4.69, 9.17) is 10.5 Å². The van der Waals surface area contributed by atoms with Crippen molar-refractivity contribution in [2.45, 2.75) is 12.8 Å². The van der Waals surface area contributed by atoms with Gasteiger partial charge in [0.1, 0.15) is 5.75 Å². The number of methoxy groups -OCH3 is 1. The summed E-state index contributed by atoms with van der Waals surface area (Å²) >= 11 is 0. The molecule has 0 fully saturated rings. The lowest BCUT2D eigenvalue weighted by Gasteiger charge is -2.07. The van der Waals surface area contributed by atoms with Crippen molar-refractivity contribution < 1.29 is 14.3 Å². The third-order valence-electron chi connectivity index (χ3n) is 2.42. The van der Waals surface area contributed by atoms with Gasteiger partial charge in [0.05, 0.1) is 13.7 Å². The summed E-state index contributed by atoms with van der Waals surface area (Å²) in [7, 11) is 1.57. The molecule has 0 saturated carbocycles. The first-order valence-electron chi connectivity index (χ1n) is 6.04. The molecule has 0 spiro atoms. The van der Waals surface area contributed by atoms with Gasteiger partial charge >= 0.3 is 0 Å². The zero-order valence-electron chi connectivity index (χ0n) is 10.9. The number of nitrogens with one attached hydrogen (secondary N) is 2. The molecule has 0 radical (unpaired) electrons. The first-order valence-corrected chi connectivity index (χ1v) is 6.04. The Morgan fingerprint density at radius 1 is 1.37 bits per heavy atom. The minimum Gasteiger partial charge on any atom is -0.497 e. The molecule has 4 N–H and O–H groups in total. The van der Waals surface area contributed by atoms with Gasteiger partial charge in [0.2, 0.25) is 11.8 Å². The number of amides is 2. The average molecular weight is 265 g/mol. The Kier molecular flexibility index (Phi) is 6.38. The normalized spacial score (nSPS) is 9.95. The van der Waals surface area contributed by atoms with Crippen LogP contribution in [0.25, 0.3) is 0 Å². The van der Waals surface area contributed by atoms with Gasteiger partial charge in [-0.2, -0.15) is 0 Å². The molecule has 19 heavy (non-hydrogen) atoms. The third kappa shape index (κ3) is 6.42. The Bertz CT molecular complexity index is 435. The van der Waals surface area contributed by atoms with Crippen LogP contribution in [-0.4, -0.2) is 32.0 Å². The summed E-state index contributed by atoms with van der Waals surface area (Å²) in [4.78, 5) is 22.1. The standard InChI is InChI=1S/C13H19N3O3/c1-19-11-5-2-4-10(8-11)16-13(18)9-15-7-3-6-12(14)17/h2,4-5,8,15H,3,6-7,9H2,1H3,(H2,14,17)(H,16,18). The summed E-state index contributed by atoms with van der Waals surface area (Å²) in [6.45, 7) is 0.768. The zero-order valence-corrected chi connectivity index (χ0v) is 10.9. The lowest BCUT2D eigenvalue weighted by Crippen LogP contribution is -2.29. The minimum atomic E-state index is -0.331. The fourth-order valence-corrected chi connectivity index (χ4v) is 1.50. The quantitative estimate of drug-likeness (QED) is 0.596. The number of carbonyl (C=O) groups excluding carboxylic acids is 2. The Morgan fingerprint density at radius 3 is 2.84 bits per heavy atom. The number of hydrogen-bond acceptors (Lipinski definition) is 4.